The molecule has 2 N–H and O–H groups in total. The normalized spacial score (nSPS) is 11.3. The van der Waals surface area contributed by atoms with Gasteiger partial charge in [-0.05, 0) is 5.92 Å². The molecule has 5 nitrogen and oxygen atoms in total. The van der Waals surface area contributed by atoms with Crippen LogP contribution in [-0.4, -0.2) is 33.7 Å². The fourth-order valence-corrected chi connectivity index (χ4v) is 1.94. The molecule has 1 aromatic rings. The molecule has 1 rings (SSSR count). The summed E-state index contributed by atoms with van der Waals surface area (Å²) in [7, 11) is 1.93. The van der Waals surface area contributed by atoms with Crippen LogP contribution >= 0.6 is 11.8 Å². The molecule has 92 valence electrons. The molecular weight excluding hydrogens is 224 g/mol. The van der Waals surface area contributed by atoms with Gasteiger partial charge < -0.3 is 15.0 Å². The molecule has 0 amide bonds. The van der Waals surface area contributed by atoms with Gasteiger partial charge in [0.2, 0.25) is 0 Å². The van der Waals surface area contributed by atoms with Gasteiger partial charge in [0, 0.05) is 19.4 Å². The van der Waals surface area contributed by atoms with E-state index in [1.807, 2.05) is 11.6 Å². The monoisotopic (exact) mass is 244 g/mol. The van der Waals surface area contributed by atoms with Crippen molar-refractivity contribution < 1.29 is 4.74 Å². The average molecular weight is 244 g/mol. The summed E-state index contributed by atoms with van der Waals surface area (Å²) < 4.78 is 7.41. The number of hydrogen-bond donors (Lipinski definition) is 1. The summed E-state index contributed by atoms with van der Waals surface area (Å²) >= 11 is 1.64. The molecule has 0 aliphatic rings. The third-order valence-electron chi connectivity index (χ3n) is 2.02. The zero-order valence-electron chi connectivity index (χ0n) is 10.1. The Kier molecular flexibility index (Phi) is 5.79. The van der Waals surface area contributed by atoms with Gasteiger partial charge >= 0.3 is 0 Å². The fraction of sp³-hybridized carbons (Fsp3) is 0.800. The highest BCUT2D eigenvalue weighted by atomic mass is 32.2. The van der Waals surface area contributed by atoms with E-state index in [1.54, 1.807) is 11.8 Å². The minimum absolute atomic E-state index is 0.425. The van der Waals surface area contributed by atoms with Crippen LogP contribution in [0.3, 0.4) is 0 Å². The van der Waals surface area contributed by atoms with Crippen LogP contribution in [0, 0.1) is 5.92 Å². The Morgan fingerprint density at radius 3 is 2.75 bits per heavy atom. The second-order valence-electron chi connectivity index (χ2n) is 3.98. The Bertz CT molecular complexity index is 314. The molecule has 16 heavy (non-hydrogen) atoms. The van der Waals surface area contributed by atoms with E-state index in [4.69, 9.17) is 10.5 Å². The zero-order chi connectivity index (χ0) is 12.0. The van der Waals surface area contributed by atoms with E-state index in [1.165, 1.54) is 0 Å². The third kappa shape index (κ3) is 4.11. The van der Waals surface area contributed by atoms with Crippen molar-refractivity contribution in [3.8, 4) is 0 Å². The van der Waals surface area contributed by atoms with Gasteiger partial charge in [-0.3, -0.25) is 0 Å². The summed E-state index contributed by atoms with van der Waals surface area (Å²) in [6, 6.07) is 0. The highest BCUT2D eigenvalue weighted by molar-refractivity contribution is 7.99. The van der Waals surface area contributed by atoms with Crippen LogP contribution in [-0.2, 0) is 18.3 Å². The van der Waals surface area contributed by atoms with Gasteiger partial charge in [0.05, 0.1) is 13.2 Å². The van der Waals surface area contributed by atoms with Crippen molar-refractivity contribution >= 4 is 11.8 Å². The molecule has 0 saturated carbocycles. The van der Waals surface area contributed by atoms with Crippen molar-refractivity contribution in [2.24, 2.45) is 18.7 Å². The van der Waals surface area contributed by atoms with E-state index in [2.05, 4.69) is 24.0 Å². The van der Waals surface area contributed by atoms with Crippen LogP contribution in [0.15, 0.2) is 5.16 Å². The number of rotatable bonds is 7. The first-order valence-electron chi connectivity index (χ1n) is 5.44. The second-order valence-corrected chi connectivity index (χ2v) is 5.04. The van der Waals surface area contributed by atoms with Gasteiger partial charge in [0.25, 0.3) is 0 Å². The van der Waals surface area contributed by atoms with Crippen molar-refractivity contribution in [1.82, 2.24) is 14.8 Å². The first-order valence-corrected chi connectivity index (χ1v) is 6.42. The smallest absolute Gasteiger partial charge is 0.191 e. The van der Waals surface area contributed by atoms with Crippen LogP contribution < -0.4 is 5.73 Å². The summed E-state index contributed by atoms with van der Waals surface area (Å²) in [5, 5.41) is 8.94. The second kappa shape index (κ2) is 6.88. The molecule has 0 radical (unpaired) electrons. The van der Waals surface area contributed by atoms with Crippen LogP contribution in [0.25, 0.3) is 0 Å². The summed E-state index contributed by atoms with van der Waals surface area (Å²) in [6.45, 7) is 6.27. The van der Waals surface area contributed by atoms with Crippen molar-refractivity contribution in [2.75, 3.05) is 19.0 Å². The van der Waals surface area contributed by atoms with Gasteiger partial charge in [-0.1, -0.05) is 25.6 Å². The molecule has 1 aromatic heterocycles. The lowest BCUT2D eigenvalue weighted by molar-refractivity contribution is 0.124. The average Bonchev–Trinajstić information content (AvgIpc) is 2.59. The Morgan fingerprint density at radius 2 is 2.19 bits per heavy atom. The van der Waals surface area contributed by atoms with Crippen LogP contribution in [0.5, 0.6) is 0 Å². The van der Waals surface area contributed by atoms with E-state index >= 15 is 0 Å². The van der Waals surface area contributed by atoms with Crippen LogP contribution in [0.1, 0.15) is 19.7 Å². The Morgan fingerprint density at radius 1 is 1.44 bits per heavy atom. The number of aromatic nitrogens is 3. The van der Waals surface area contributed by atoms with Crippen molar-refractivity contribution in [1.29, 1.82) is 0 Å². The highest BCUT2D eigenvalue weighted by Crippen LogP contribution is 2.14. The molecule has 0 aromatic carbocycles. The molecular formula is C10H20N4OS. The quantitative estimate of drug-likeness (QED) is 0.573. The first kappa shape index (κ1) is 13.5. The first-order chi connectivity index (χ1) is 7.65. The summed E-state index contributed by atoms with van der Waals surface area (Å²) in [6.07, 6.45) is 0. The maximum Gasteiger partial charge on any atom is 0.191 e. The molecule has 0 bridgehead atoms. The molecule has 0 aliphatic carbocycles. The largest absolute Gasteiger partial charge is 0.380 e. The van der Waals surface area contributed by atoms with E-state index in [9.17, 15) is 0 Å². The minimum atomic E-state index is 0.425. The number of ether oxygens (including phenoxy) is 1. The number of nitrogens with two attached hydrogens (primary N) is 1. The predicted octanol–water partition coefficient (Wildman–Crippen LogP) is 1.04. The van der Waals surface area contributed by atoms with Crippen LogP contribution in [0.2, 0.25) is 0 Å². The molecule has 0 aliphatic heterocycles. The summed E-state index contributed by atoms with van der Waals surface area (Å²) in [5.41, 5.74) is 5.52. The summed E-state index contributed by atoms with van der Waals surface area (Å²) in [5.74, 6) is 2.29. The topological polar surface area (TPSA) is 66.0 Å². The maximum absolute atomic E-state index is 5.52. The lowest BCUT2D eigenvalue weighted by Gasteiger charge is -2.06. The van der Waals surface area contributed by atoms with E-state index in [-0.39, 0.29) is 0 Å². The number of nitrogens with zero attached hydrogens (tertiary/aromatic N) is 3. The lowest BCUT2D eigenvalue weighted by atomic mass is 10.2. The fourth-order valence-electron chi connectivity index (χ4n) is 1.16. The molecule has 0 unspecified atom stereocenters. The van der Waals surface area contributed by atoms with Gasteiger partial charge in [-0.25, -0.2) is 0 Å². The highest BCUT2D eigenvalue weighted by Gasteiger charge is 2.06. The Labute approximate surface area is 101 Å². The third-order valence-corrected chi connectivity index (χ3v) is 3.00. The van der Waals surface area contributed by atoms with E-state index in [0.717, 1.165) is 29.9 Å². The number of thioether (sulfide) groups is 1. The SMILES string of the molecule is CC(C)COCCSc1nnc(CN)n1C. The standard InChI is InChI=1S/C10H20N4OS/c1-8(2)7-15-4-5-16-10-13-12-9(6-11)14(10)3/h8H,4-7,11H2,1-3H3. The van der Waals surface area contributed by atoms with Gasteiger partial charge in [-0.2, -0.15) is 0 Å². The van der Waals surface area contributed by atoms with Gasteiger partial charge in [-0.15, -0.1) is 10.2 Å². The summed E-state index contributed by atoms with van der Waals surface area (Å²) in [4.78, 5) is 0. The Balaban J connectivity index is 2.24. The molecule has 0 saturated heterocycles. The number of hydrogen-bond acceptors (Lipinski definition) is 5. The van der Waals surface area contributed by atoms with Gasteiger partial charge in [0.15, 0.2) is 5.16 Å². The minimum Gasteiger partial charge on any atom is -0.380 e. The van der Waals surface area contributed by atoms with Crippen molar-refractivity contribution in [3.05, 3.63) is 5.82 Å². The van der Waals surface area contributed by atoms with E-state index < -0.39 is 0 Å². The predicted molar refractivity (Wildman–Crippen MR) is 65.3 cm³/mol. The maximum atomic E-state index is 5.52. The lowest BCUT2D eigenvalue weighted by Crippen LogP contribution is -2.07. The molecule has 0 atom stereocenters. The Hall–Kier alpha value is -0.590. The van der Waals surface area contributed by atoms with Crippen LogP contribution in [0.4, 0.5) is 0 Å². The van der Waals surface area contributed by atoms with Crippen molar-refractivity contribution in [3.63, 3.8) is 0 Å². The molecule has 6 heteroatoms. The molecule has 0 spiro atoms. The van der Waals surface area contributed by atoms with Gasteiger partial charge in [0.1, 0.15) is 5.82 Å². The van der Waals surface area contributed by atoms with E-state index in [0.29, 0.717) is 12.5 Å². The molecule has 1 heterocycles. The zero-order valence-corrected chi connectivity index (χ0v) is 11.0. The molecule has 0 fully saturated rings. The van der Waals surface area contributed by atoms with Crippen molar-refractivity contribution in [2.45, 2.75) is 25.5 Å².